The third kappa shape index (κ3) is 6.31. The number of benzene rings is 1. The van der Waals surface area contributed by atoms with Crippen molar-refractivity contribution in [2.45, 2.75) is 65.1 Å². The number of ether oxygens (including phenoxy) is 2. The summed E-state index contributed by atoms with van der Waals surface area (Å²) in [6.45, 7) is 10.0. The number of fused-ring (bicyclic) bond motifs is 1. The van der Waals surface area contributed by atoms with Gasteiger partial charge in [-0.15, -0.1) is 0 Å². The van der Waals surface area contributed by atoms with Crippen molar-refractivity contribution >= 4 is 16.9 Å². The molecule has 2 fully saturated rings. The van der Waals surface area contributed by atoms with E-state index in [0.717, 1.165) is 55.6 Å². The summed E-state index contributed by atoms with van der Waals surface area (Å²) in [5.74, 6) is 0.557. The maximum Gasteiger partial charge on any atom is 0.268 e. The van der Waals surface area contributed by atoms with E-state index in [-0.39, 0.29) is 23.5 Å². The van der Waals surface area contributed by atoms with Crippen LogP contribution in [0, 0.1) is 5.92 Å². The fourth-order valence-corrected chi connectivity index (χ4v) is 5.61. The van der Waals surface area contributed by atoms with Crippen LogP contribution in [0.3, 0.4) is 0 Å². The van der Waals surface area contributed by atoms with Gasteiger partial charge in [0.25, 0.3) is 11.5 Å². The highest BCUT2D eigenvalue weighted by Gasteiger charge is 2.27. The van der Waals surface area contributed by atoms with Crippen LogP contribution in [0.4, 0.5) is 0 Å². The van der Waals surface area contributed by atoms with Crippen LogP contribution in [0.25, 0.3) is 22.2 Å². The van der Waals surface area contributed by atoms with E-state index in [4.69, 9.17) is 9.47 Å². The molecular weight excluding hydrogens is 508 g/mol. The number of carbonyl (C=O) groups is 1. The van der Waals surface area contributed by atoms with Gasteiger partial charge in [0.05, 0.1) is 24.7 Å². The van der Waals surface area contributed by atoms with Gasteiger partial charge in [-0.05, 0) is 69.2 Å². The molecule has 40 heavy (non-hydrogen) atoms. The quantitative estimate of drug-likeness (QED) is 0.435. The molecule has 0 unspecified atom stereocenters. The number of hydrogen-bond donors (Lipinski definition) is 2. The lowest BCUT2D eigenvalue weighted by molar-refractivity contribution is 0.0364. The van der Waals surface area contributed by atoms with Crippen molar-refractivity contribution in [1.82, 2.24) is 19.8 Å². The summed E-state index contributed by atoms with van der Waals surface area (Å²) in [5, 5.41) is 14.8. The molecule has 3 heterocycles. The van der Waals surface area contributed by atoms with Gasteiger partial charge >= 0.3 is 0 Å². The molecule has 0 spiro atoms. The zero-order valence-electron chi connectivity index (χ0n) is 23.7. The van der Waals surface area contributed by atoms with Crippen molar-refractivity contribution < 1.29 is 19.4 Å². The highest BCUT2D eigenvalue weighted by atomic mass is 16.5. The highest BCUT2D eigenvalue weighted by Crippen LogP contribution is 2.31. The fourth-order valence-electron chi connectivity index (χ4n) is 5.61. The van der Waals surface area contributed by atoms with E-state index in [1.165, 1.54) is 4.57 Å². The van der Waals surface area contributed by atoms with Gasteiger partial charge in [-0.3, -0.25) is 19.1 Å². The molecule has 0 bridgehead atoms. The van der Waals surface area contributed by atoms with E-state index in [1.54, 1.807) is 12.3 Å². The van der Waals surface area contributed by atoms with Crippen LogP contribution in [0.5, 0.6) is 11.5 Å². The molecule has 1 aromatic carbocycles. The molecule has 1 saturated carbocycles. The number of aromatic nitrogens is 2. The average molecular weight is 549 g/mol. The van der Waals surface area contributed by atoms with Crippen molar-refractivity contribution in [1.29, 1.82) is 0 Å². The van der Waals surface area contributed by atoms with Crippen LogP contribution in [0.15, 0.2) is 41.3 Å². The number of nitrogens with zero attached hydrogens (tertiary/aromatic N) is 3. The number of hydrogen-bond acceptors (Lipinski definition) is 7. The summed E-state index contributed by atoms with van der Waals surface area (Å²) in [4.78, 5) is 34.1. The molecule has 2 N–H and O–H groups in total. The zero-order valence-corrected chi connectivity index (χ0v) is 23.7. The van der Waals surface area contributed by atoms with E-state index >= 15 is 0 Å². The maximum absolute atomic E-state index is 13.7. The van der Waals surface area contributed by atoms with Crippen molar-refractivity contribution in [3.63, 3.8) is 0 Å². The Morgan fingerprint density at radius 3 is 2.48 bits per heavy atom. The molecule has 9 nitrogen and oxygen atoms in total. The minimum Gasteiger partial charge on any atom is -0.506 e. The third-order valence-corrected chi connectivity index (χ3v) is 7.95. The lowest BCUT2D eigenvalue weighted by Crippen LogP contribution is -2.42. The number of aromatic hydroxyl groups is 1. The summed E-state index contributed by atoms with van der Waals surface area (Å²) in [5.41, 5.74) is 1.29. The van der Waals surface area contributed by atoms with Gasteiger partial charge in [0.15, 0.2) is 0 Å². The second-order valence-corrected chi connectivity index (χ2v) is 11.4. The third-order valence-electron chi connectivity index (χ3n) is 7.95. The lowest BCUT2D eigenvalue weighted by atomic mass is 9.87. The Balaban J connectivity index is 1.52. The summed E-state index contributed by atoms with van der Waals surface area (Å²) in [6.07, 6.45) is 5.58. The number of carbonyl (C=O) groups excluding carboxylic acids is 1. The number of amides is 1. The number of nitrogens with one attached hydrogen (secondary N) is 1. The van der Waals surface area contributed by atoms with Crippen LogP contribution in [0.1, 0.15) is 56.8 Å². The first-order valence-electron chi connectivity index (χ1n) is 14.4. The van der Waals surface area contributed by atoms with Crippen molar-refractivity contribution in [2.75, 3.05) is 32.8 Å². The van der Waals surface area contributed by atoms with E-state index < -0.39 is 11.5 Å². The van der Waals surface area contributed by atoms with Crippen LogP contribution in [-0.2, 0) is 11.3 Å². The Bertz CT molecular complexity index is 1390. The highest BCUT2D eigenvalue weighted by molar-refractivity contribution is 6.02. The van der Waals surface area contributed by atoms with Gasteiger partial charge in [-0.25, -0.2) is 4.98 Å². The summed E-state index contributed by atoms with van der Waals surface area (Å²) >= 11 is 0. The first-order valence-corrected chi connectivity index (χ1v) is 14.4. The van der Waals surface area contributed by atoms with Gasteiger partial charge in [-0.2, -0.15) is 0 Å². The number of pyridine rings is 2. The van der Waals surface area contributed by atoms with Crippen LogP contribution in [0.2, 0.25) is 0 Å². The van der Waals surface area contributed by atoms with Gasteiger partial charge in [0.1, 0.15) is 22.7 Å². The molecule has 3 aromatic rings. The molecule has 5 rings (SSSR count). The SMILES string of the molecule is CC1CCC(NC(=O)c2c(O)c3cc(-c4ccc(OC(C)C)cc4)cnc3n(CCN3CCOCC3)c2=O)CC1. The van der Waals surface area contributed by atoms with Crippen LogP contribution >= 0.6 is 0 Å². The standard InChI is InChI=1S/C31H40N4O5/c1-20(2)40-25-10-6-22(7-11-25)23-18-26-28(36)27(30(37)33-24-8-4-21(3)5-9-24)31(38)35(29(26)32-19-23)13-12-34-14-16-39-17-15-34/h6-7,10-11,18-21,24,36H,4-5,8-9,12-17H2,1-3H3,(H,33,37). The molecule has 2 aromatic heterocycles. The molecule has 2 aliphatic rings. The Hall–Kier alpha value is -3.43. The Morgan fingerprint density at radius 1 is 1.10 bits per heavy atom. The molecule has 1 aliphatic heterocycles. The first-order chi connectivity index (χ1) is 19.3. The smallest absolute Gasteiger partial charge is 0.268 e. The normalized spacial score (nSPS) is 20.1. The molecule has 0 atom stereocenters. The second kappa shape index (κ2) is 12.4. The minimum absolute atomic E-state index is 0.00368. The van der Waals surface area contributed by atoms with E-state index in [0.29, 0.717) is 43.3 Å². The first kappa shape index (κ1) is 28.1. The molecule has 214 valence electrons. The maximum atomic E-state index is 13.7. The van der Waals surface area contributed by atoms with Crippen molar-refractivity contribution in [2.24, 2.45) is 5.92 Å². The molecule has 9 heteroatoms. The zero-order chi connectivity index (χ0) is 28.2. The van der Waals surface area contributed by atoms with E-state index in [1.807, 2.05) is 38.1 Å². The topological polar surface area (TPSA) is 106 Å². The Morgan fingerprint density at radius 2 is 1.80 bits per heavy atom. The predicted octanol–water partition coefficient (Wildman–Crippen LogP) is 4.20. The fraction of sp³-hybridized carbons (Fsp3) is 0.516. The summed E-state index contributed by atoms with van der Waals surface area (Å²) in [6, 6.07) is 9.46. The summed E-state index contributed by atoms with van der Waals surface area (Å²) < 4.78 is 12.7. The molecule has 1 amide bonds. The van der Waals surface area contributed by atoms with Gasteiger partial charge in [0, 0.05) is 44.0 Å². The Labute approximate surface area is 235 Å². The second-order valence-electron chi connectivity index (χ2n) is 11.4. The molecule has 1 aliphatic carbocycles. The molecular formula is C31H40N4O5. The number of morpholine rings is 1. The van der Waals surface area contributed by atoms with Crippen LogP contribution < -0.4 is 15.6 Å². The van der Waals surface area contributed by atoms with E-state index in [9.17, 15) is 14.7 Å². The average Bonchev–Trinajstić information content (AvgIpc) is 2.95. The van der Waals surface area contributed by atoms with Crippen molar-refractivity contribution in [3.05, 3.63) is 52.4 Å². The predicted molar refractivity (Wildman–Crippen MR) is 155 cm³/mol. The number of rotatable bonds is 8. The Kier molecular flexibility index (Phi) is 8.71. The lowest BCUT2D eigenvalue weighted by Gasteiger charge is -2.28. The molecule has 1 saturated heterocycles. The van der Waals surface area contributed by atoms with Gasteiger partial charge < -0.3 is 19.9 Å². The van der Waals surface area contributed by atoms with Gasteiger partial charge in [-0.1, -0.05) is 19.1 Å². The molecule has 0 radical (unpaired) electrons. The monoisotopic (exact) mass is 548 g/mol. The summed E-state index contributed by atoms with van der Waals surface area (Å²) in [7, 11) is 0. The van der Waals surface area contributed by atoms with Gasteiger partial charge in [0.2, 0.25) is 0 Å². The van der Waals surface area contributed by atoms with E-state index in [2.05, 4.69) is 22.1 Å². The van der Waals surface area contributed by atoms with Crippen molar-refractivity contribution in [3.8, 4) is 22.6 Å². The van der Waals surface area contributed by atoms with Crippen LogP contribution in [-0.4, -0.2) is 70.5 Å². The largest absolute Gasteiger partial charge is 0.506 e. The minimum atomic E-state index is -0.523.